The fraction of sp³-hybridized carbons (Fsp3) is 0.417. The number of benzene rings is 1. The van der Waals surface area contributed by atoms with E-state index in [1.807, 2.05) is 6.92 Å². The van der Waals surface area contributed by atoms with Crippen LogP contribution >= 0.6 is 0 Å². The highest BCUT2D eigenvalue weighted by Crippen LogP contribution is 2.28. The molecule has 2 rings (SSSR count). The zero-order valence-corrected chi connectivity index (χ0v) is 11.8. The number of nitrogens with two attached hydrogens (primary N) is 1. The predicted octanol–water partition coefficient (Wildman–Crippen LogP) is 0.00614. The molecule has 0 unspecified atom stereocenters. The van der Waals surface area contributed by atoms with Gasteiger partial charge in [0.25, 0.3) is 0 Å². The summed E-state index contributed by atoms with van der Waals surface area (Å²) >= 11 is 0. The van der Waals surface area contributed by atoms with Gasteiger partial charge in [-0.1, -0.05) is 6.07 Å². The van der Waals surface area contributed by atoms with Gasteiger partial charge in [0.2, 0.25) is 15.9 Å². The minimum absolute atomic E-state index is 0.113. The van der Waals surface area contributed by atoms with Crippen molar-refractivity contribution in [3.05, 3.63) is 23.3 Å². The Morgan fingerprint density at radius 3 is 2.63 bits per heavy atom. The molecule has 1 amide bonds. The summed E-state index contributed by atoms with van der Waals surface area (Å²) in [6.07, 6.45) is 0. The van der Waals surface area contributed by atoms with Gasteiger partial charge in [0.1, 0.15) is 4.90 Å². The van der Waals surface area contributed by atoms with Crippen LogP contribution in [0.3, 0.4) is 0 Å². The summed E-state index contributed by atoms with van der Waals surface area (Å²) in [4.78, 5) is 11.5. The number of carbonyl (C=O) groups excluding carboxylic acids is 1. The molecule has 104 valence electrons. The molecule has 3 N–H and O–H groups in total. The number of hydrogen-bond donors (Lipinski definition) is 2. The van der Waals surface area contributed by atoms with Crippen LogP contribution in [0.1, 0.15) is 11.1 Å². The van der Waals surface area contributed by atoms with Crippen LogP contribution in [0.15, 0.2) is 17.0 Å². The van der Waals surface area contributed by atoms with E-state index in [9.17, 15) is 13.2 Å². The van der Waals surface area contributed by atoms with Gasteiger partial charge in [-0.2, -0.15) is 4.31 Å². The second kappa shape index (κ2) is 4.82. The summed E-state index contributed by atoms with van der Waals surface area (Å²) in [5.74, 6) is -0.293. The Bertz CT molecular complexity index is 625. The lowest BCUT2D eigenvalue weighted by Gasteiger charge is -2.27. The number of anilines is 1. The Morgan fingerprint density at radius 1 is 1.32 bits per heavy atom. The first kappa shape index (κ1) is 13.8. The topological polar surface area (TPSA) is 92.5 Å². The molecule has 7 heteroatoms. The van der Waals surface area contributed by atoms with Crippen molar-refractivity contribution in [1.29, 1.82) is 0 Å². The van der Waals surface area contributed by atoms with Crippen LogP contribution in [0.5, 0.6) is 0 Å². The Morgan fingerprint density at radius 2 is 2.00 bits per heavy atom. The van der Waals surface area contributed by atoms with Crippen molar-refractivity contribution < 1.29 is 13.2 Å². The van der Waals surface area contributed by atoms with Gasteiger partial charge in [0.15, 0.2) is 0 Å². The smallest absolute Gasteiger partial charge is 0.245 e. The molecule has 0 saturated carbocycles. The van der Waals surface area contributed by atoms with Crippen molar-refractivity contribution in [2.75, 3.05) is 25.4 Å². The van der Waals surface area contributed by atoms with Crippen LogP contribution in [0, 0.1) is 13.8 Å². The highest BCUT2D eigenvalue weighted by molar-refractivity contribution is 7.89. The molecule has 6 nitrogen and oxygen atoms in total. The van der Waals surface area contributed by atoms with Crippen LogP contribution in [0.4, 0.5) is 5.69 Å². The summed E-state index contributed by atoms with van der Waals surface area (Å²) in [6.45, 7) is 3.98. The number of hydrogen-bond acceptors (Lipinski definition) is 4. The first-order valence-electron chi connectivity index (χ1n) is 5.96. The van der Waals surface area contributed by atoms with Crippen LogP contribution in [-0.4, -0.2) is 38.3 Å². The van der Waals surface area contributed by atoms with E-state index < -0.39 is 10.0 Å². The van der Waals surface area contributed by atoms with Gasteiger partial charge in [-0.25, -0.2) is 8.42 Å². The SMILES string of the molecule is Cc1ccc(N)c(S(=O)(=O)N2CCNC(=O)C2)c1C. The summed E-state index contributed by atoms with van der Waals surface area (Å²) in [6, 6.07) is 3.37. The largest absolute Gasteiger partial charge is 0.398 e. The number of sulfonamides is 1. The minimum atomic E-state index is -3.73. The molecular formula is C12H17N3O3S. The molecule has 0 aliphatic carbocycles. The van der Waals surface area contributed by atoms with E-state index in [0.717, 1.165) is 5.56 Å². The molecule has 1 aliphatic heterocycles. The molecule has 0 spiro atoms. The standard InChI is InChI=1S/C12H17N3O3S/c1-8-3-4-10(13)12(9(8)2)19(17,18)15-6-5-14-11(16)7-15/h3-4H,5-7,13H2,1-2H3,(H,14,16). The molecule has 19 heavy (non-hydrogen) atoms. The van der Waals surface area contributed by atoms with Crippen molar-refractivity contribution in [3.8, 4) is 0 Å². The fourth-order valence-corrected chi connectivity index (χ4v) is 3.89. The third-order valence-corrected chi connectivity index (χ3v) is 5.36. The summed E-state index contributed by atoms with van der Waals surface area (Å²) in [7, 11) is -3.73. The second-order valence-electron chi connectivity index (χ2n) is 4.61. The van der Waals surface area contributed by atoms with Gasteiger partial charge in [-0.3, -0.25) is 4.79 Å². The number of aryl methyl sites for hydroxylation is 1. The summed E-state index contributed by atoms with van der Waals surface area (Å²) < 4.78 is 26.4. The number of nitrogens with zero attached hydrogens (tertiary/aromatic N) is 1. The van der Waals surface area contributed by atoms with E-state index in [4.69, 9.17) is 5.73 Å². The maximum Gasteiger partial charge on any atom is 0.245 e. The quantitative estimate of drug-likeness (QED) is 0.748. The van der Waals surface area contributed by atoms with Crippen molar-refractivity contribution in [3.63, 3.8) is 0 Å². The van der Waals surface area contributed by atoms with Crippen LogP contribution in [0.2, 0.25) is 0 Å². The third-order valence-electron chi connectivity index (χ3n) is 3.31. The predicted molar refractivity (Wildman–Crippen MR) is 72.1 cm³/mol. The zero-order chi connectivity index (χ0) is 14.2. The van der Waals surface area contributed by atoms with Gasteiger partial charge in [0, 0.05) is 13.1 Å². The van der Waals surface area contributed by atoms with Crippen molar-refractivity contribution >= 4 is 21.6 Å². The molecule has 1 fully saturated rings. The molecule has 1 aromatic rings. The lowest BCUT2D eigenvalue weighted by atomic mass is 10.1. The monoisotopic (exact) mass is 283 g/mol. The number of carbonyl (C=O) groups is 1. The van der Waals surface area contributed by atoms with E-state index in [1.54, 1.807) is 19.1 Å². The summed E-state index contributed by atoms with van der Waals surface area (Å²) in [5.41, 5.74) is 7.51. The molecular weight excluding hydrogens is 266 g/mol. The average molecular weight is 283 g/mol. The number of rotatable bonds is 2. The highest BCUT2D eigenvalue weighted by atomic mass is 32.2. The van der Waals surface area contributed by atoms with Gasteiger partial charge in [0.05, 0.1) is 12.2 Å². The Kier molecular flexibility index (Phi) is 3.51. The fourth-order valence-electron chi connectivity index (χ4n) is 2.10. The minimum Gasteiger partial charge on any atom is -0.398 e. The zero-order valence-electron chi connectivity index (χ0n) is 10.9. The van der Waals surface area contributed by atoms with Crippen LogP contribution < -0.4 is 11.1 Å². The molecule has 1 aromatic carbocycles. The first-order chi connectivity index (χ1) is 8.84. The van der Waals surface area contributed by atoms with E-state index in [2.05, 4.69) is 5.32 Å². The molecule has 0 aromatic heterocycles. The van der Waals surface area contributed by atoms with Gasteiger partial charge in [-0.15, -0.1) is 0 Å². The van der Waals surface area contributed by atoms with Crippen molar-refractivity contribution in [2.45, 2.75) is 18.7 Å². The molecule has 1 saturated heterocycles. The number of piperazine rings is 1. The molecule has 0 radical (unpaired) electrons. The van der Waals surface area contributed by atoms with Gasteiger partial charge in [-0.05, 0) is 31.0 Å². The maximum absolute atomic E-state index is 12.6. The van der Waals surface area contributed by atoms with E-state index in [0.29, 0.717) is 12.1 Å². The van der Waals surface area contributed by atoms with E-state index in [1.165, 1.54) is 4.31 Å². The highest BCUT2D eigenvalue weighted by Gasteiger charge is 2.32. The lowest BCUT2D eigenvalue weighted by Crippen LogP contribution is -2.50. The second-order valence-corrected chi connectivity index (χ2v) is 6.49. The van der Waals surface area contributed by atoms with Crippen molar-refractivity contribution in [1.82, 2.24) is 9.62 Å². The number of nitrogen functional groups attached to an aromatic ring is 1. The Balaban J connectivity index is 2.51. The van der Waals surface area contributed by atoms with Crippen LogP contribution in [-0.2, 0) is 14.8 Å². The van der Waals surface area contributed by atoms with Crippen LogP contribution in [0.25, 0.3) is 0 Å². The molecule has 0 bridgehead atoms. The average Bonchev–Trinajstić information content (AvgIpc) is 2.34. The van der Waals surface area contributed by atoms with E-state index in [-0.39, 0.29) is 29.6 Å². The number of amides is 1. The molecule has 1 heterocycles. The Labute approximate surface area is 112 Å². The normalized spacial score (nSPS) is 17.3. The van der Waals surface area contributed by atoms with Crippen molar-refractivity contribution in [2.24, 2.45) is 0 Å². The summed E-state index contributed by atoms with van der Waals surface area (Å²) in [5, 5.41) is 2.60. The third kappa shape index (κ3) is 2.43. The first-order valence-corrected chi connectivity index (χ1v) is 7.40. The Hall–Kier alpha value is -1.60. The van der Waals surface area contributed by atoms with Gasteiger partial charge < -0.3 is 11.1 Å². The van der Waals surface area contributed by atoms with E-state index >= 15 is 0 Å². The molecule has 1 aliphatic rings. The van der Waals surface area contributed by atoms with Gasteiger partial charge >= 0.3 is 0 Å². The number of nitrogens with one attached hydrogen (secondary N) is 1. The maximum atomic E-state index is 12.6. The lowest BCUT2D eigenvalue weighted by molar-refractivity contribution is -0.122. The molecule has 0 atom stereocenters.